The number of thioether (sulfide) groups is 1. The van der Waals surface area contributed by atoms with Crippen LogP contribution in [0.15, 0.2) is 47.4 Å². The highest BCUT2D eigenvalue weighted by Gasteiger charge is 2.08. The third-order valence-electron chi connectivity index (χ3n) is 3.01. The average molecular weight is 417 g/mol. The summed E-state index contributed by atoms with van der Waals surface area (Å²) in [4.78, 5) is 24.2. The van der Waals surface area contributed by atoms with E-state index in [9.17, 15) is 14.0 Å². The van der Waals surface area contributed by atoms with Gasteiger partial charge in [-0.25, -0.2) is 4.39 Å². The quantitative estimate of drug-likeness (QED) is 0.531. The molecule has 0 fully saturated rings. The van der Waals surface area contributed by atoms with Crippen molar-refractivity contribution in [1.82, 2.24) is 10.9 Å². The Hall–Kier alpha value is -1.96. The highest BCUT2D eigenvalue weighted by Crippen LogP contribution is 2.27. The van der Waals surface area contributed by atoms with Crippen molar-refractivity contribution in [3.8, 4) is 5.75 Å². The van der Waals surface area contributed by atoms with Crippen LogP contribution in [-0.2, 0) is 9.59 Å². The van der Waals surface area contributed by atoms with E-state index >= 15 is 0 Å². The highest BCUT2D eigenvalue weighted by molar-refractivity contribution is 7.99. The van der Waals surface area contributed by atoms with Gasteiger partial charge in [-0.1, -0.05) is 23.2 Å². The van der Waals surface area contributed by atoms with Gasteiger partial charge in [-0.2, -0.15) is 0 Å². The van der Waals surface area contributed by atoms with Crippen LogP contribution in [0.5, 0.6) is 5.75 Å². The first-order valence-electron chi connectivity index (χ1n) is 7.48. The minimum atomic E-state index is -0.532. The fourth-order valence-electron chi connectivity index (χ4n) is 1.77. The number of hydrazine groups is 1. The molecule has 26 heavy (non-hydrogen) atoms. The van der Waals surface area contributed by atoms with Crippen molar-refractivity contribution >= 4 is 46.8 Å². The highest BCUT2D eigenvalue weighted by atomic mass is 35.5. The number of benzene rings is 2. The maximum Gasteiger partial charge on any atom is 0.276 e. The molecule has 0 aliphatic rings. The zero-order chi connectivity index (χ0) is 18.9. The first-order chi connectivity index (χ1) is 12.4. The lowest BCUT2D eigenvalue weighted by molar-refractivity contribution is -0.129. The number of nitrogens with one attached hydrogen (secondary N) is 2. The molecule has 0 saturated carbocycles. The molecule has 2 rings (SSSR count). The Morgan fingerprint density at radius 2 is 1.73 bits per heavy atom. The molecule has 9 heteroatoms. The molecular formula is C17H15Cl2FN2O3S. The number of rotatable bonds is 7. The van der Waals surface area contributed by atoms with Gasteiger partial charge in [-0.3, -0.25) is 20.4 Å². The zero-order valence-corrected chi connectivity index (χ0v) is 15.8. The maximum atomic E-state index is 12.8. The normalized spacial score (nSPS) is 10.3. The molecule has 5 nitrogen and oxygen atoms in total. The monoisotopic (exact) mass is 416 g/mol. The summed E-state index contributed by atoms with van der Waals surface area (Å²) in [5, 5.41) is 0.740. The molecular weight excluding hydrogens is 402 g/mol. The third kappa shape index (κ3) is 7.11. The Bertz CT molecular complexity index is 775. The van der Waals surface area contributed by atoms with E-state index in [-0.39, 0.29) is 29.8 Å². The van der Waals surface area contributed by atoms with Gasteiger partial charge < -0.3 is 4.74 Å². The summed E-state index contributed by atoms with van der Waals surface area (Å²) in [7, 11) is 0. The lowest BCUT2D eigenvalue weighted by atomic mass is 10.3. The van der Waals surface area contributed by atoms with E-state index in [2.05, 4.69) is 10.9 Å². The largest absolute Gasteiger partial charge is 0.482 e. The van der Waals surface area contributed by atoms with Gasteiger partial charge in [0.05, 0.1) is 5.02 Å². The molecule has 2 N–H and O–H groups in total. The number of hydrogen-bond donors (Lipinski definition) is 2. The minimum absolute atomic E-state index is 0.187. The van der Waals surface area contributed by atoms with Crippen molar-refractivity contribution in [2.24, 2.45) is 0 Å². The van der Waals surface area contributed by atoms with Gasteiger partial charge >= 0.3 is 0 Å². The summed E-state index contributed by atoms with van der Waals surface area (Å²) in [6, 6.07) is 10.6. The number of hydrogen-bond acceptors (Lipinski definition) is 4. The summed E-state index contributed by atoms with van der Waals surface area (Å²) >= 11 is 13.1. The zero-order valence-electron chi connectivity index (χ0n) is 13.4. The summed E-state index contributed by atoms with van der Waals surface area (Å²) < 4.78 is 18.0. The van der Waals surface area contributed by atoms with Crippen molar-refractivity contribution in [2.75, 3.05) is 12.4 Å². The second-order valence-corrected chi connectivity index (χ2v) is 7.02. The van der Waals surface area contributed by atoms with Crippen molar-refractivity contribution in [2.45, 2.75) is 11.3 Å². The molecule has 0 aromatic heterocycles. The topological polar surface area (TPSA) is 67.4 Å². The van der Waals surface area contributed by atoms with E-state index in [1.165, 1.54) is 30.0 Å². The van der Waals surface area contributed by atoms with E-state index in [1.807, 2.05) is 0 Å². The van der Waals surface area contributed by atoms with Crippen LogP contribution < -0.4 is 15.6 Å². The van der Waals surface area contributed by atoms with Crippen LogP contribution in [0, 0.1) is 5.82 Å². The van der Waals surface area contributed by atoms with E-state index in [0.717, 1.165) is 4.90 Å². The van der Waals surface area contributed by atoms with Crippen molar-refractivity contribution in [3.63, 3.8) is 0 Å². The molecule has 0 heterocycles. The van der Waals surface area contributed by atoms with E-state index in [0.29, 0.717) is 16.5 Å². The van der Waals surface area contributed by atoms with Gasteiger partial charge in [0, 0.05) is 22.1 Å². The molecule has 2 aromatic carbocycles. The Morgan fingerprint density at radius 3 is 2.42 bits per heavy atom. The van der Waals surface area contributed by atoms with Crippen LogP contribution in [-0.4, -0.2) is 24.2 Å². The Labute approximate surface area is 164 Å². The Kier molecular flexibility index (Phi) is 8.03. The number of halogens is 3. The van der Waals surface area contributed by atoms with Crippen molar-refractivity contribution in [1.29, 1.82) is 0 Å². The molecule has 0 radical (unpaired) electrons. The minimum Gasteiger partial charge on any atom is -0.482 e. The molecule has 0 saturated heterocycles. The molecule has 2 aromatic rings. The predicted molar refractivity (Wildman–Crippen MR) is 100.0 cm³/mol. The van der Waals surface area contributed by atoms with Gasteiger partial charge in [-0.15, -0.1) is 11.8 Å². The molecule has 0 atom stereocenters. The SMILES string of the molecule is O=C(CCSc1ccc(F)cc1)NNC(=O)COc1ccc(Cl)cc1Cl. The number of ether oxygens (including phenoxy) is 1. The Morgan fingerprint density at radius 1 is 1.04 bits per heavy atom. The van der Waals surface area contributed by atoms with Gasteiger partial charge in [-0.05, 0) is 42.5 Å². The van der Waals surface area contributed by atoms with E-state index in [4.69, 9.17) is 27.9 Å². The van der Waals surface area contributed by atoms with Gasteiger partial charge in [0.25, 0.3) is 5.91 Å². The lowest BCUT2D eigenvalue weighted by Crippen LogP contribution is -2.43. The summed E-state index contributed by atoms with van der Waals surface area (Å²) in [6.07, 6.45) is 0.187. The predicted octanol–water partition coefficient (Wildman–Crippen LogP) is 3.84. The van der Waals surface area contributed by atoms with E-state index < -0.39 is 5.91 Å². The van der Waals surface area contributed by atoms with Crippen LogP contribution in [0.3, 0.4) is 0 Å². The first-order valence-corrected chi connectivity index (χ1v) is 9.22. The molecule has 2 amide bonds. The Balaban J connectivity index is 1.63. The van der Waals surface area contributed by atoms with Gasteiger partial charge in [0.1, 0.15) is 11.6 Å². The fourth-order valence-corrected chi connectivity index (χ4v) is 3.08. The standard InChI is InChI=1S/C17H15Cl2FN2O3S/c18-11-1-6-15(14(19)9-11)25-10-17(24)22-21-16(23)7-8-26-13-4-2-12(20)3-5-13/h1-6,9H,7-8,10H2,(H,21,23)(H,22,24). The third-order valence-corrected chi connectivity index (χ3v) is 4.55. The lowest BCUT2D eigenvalue weighted by Gasteiger charge is -2.10. The number of carbonyl (C=O) groups is 2. The van der Waals surface area contributed by atoms with Crippen LogP contribution in [0.2, 0.25) is 10.0 Å². The molecule has 0 aliphatic carbocycles. The fraction of sp³-hybridized carbons (Fsp3) is 0.176. The second kappa shape index (κ2) is 10.3. The summed E-state index contributed by atoms with van der Waals surface area (Å²) in [5.41, 5.74) is 4.54. The van der Waals surface area contributed by atoms with Crippen molar-refractivity contribution < 1.29 is 18.7 Å². The van der Waals surface area contributed by atoms with E-state index in [1.54, 1.807) is 24.3 Å². The molecule has 0 aliphatic heterocycles. The van der Waals surface area contributed by atoms with Gasteiger partial charge in [0.2, 0.25) is 5.91 Å². The molecule has 0 bridgehead atoms. The van der Waals surface area contributed by atoms with Crippen molar-refractivity contribution in [3.05, 3.63) is 58.3 Å². The average Bonchev–Trinajstić information content (AvgIpc) is 2.61. The van der Waals surface area contributed by atoms with Crippen LogP contribution in [0.25, 0.3) is 0 Å². The van der Waals surface area contributed by atoms with Gasteiger partial charge in [0.15, 0.2) is 6.61 Å². The maximum absolute atomic E-state index is 12.8. The first kappa shape index (κ1) is 20.4. The molecule has 0 spiro atoms. The summed E-state index contributed by atoms with van der Waals surface area (Å²) in [5.74, 6) is -0.386. The molecule has 138 valence electrons. The van der Waals surface area contributed by atoms with Crippen LogP contribution in [0.4, 0.5) is 4.39 Å². The van der Waals surface area contributed by atoms with Crippen LogP contribution >= 0.6 is 35.0 Å². The van der Waals surface area contributed by atoms with Crippen LogP contribution in [0.1, 0.15) is 6.42 Å². The number of amides is 2. The second-order valence-electron chi connectivity index (χ2n) is 5.01. The number of carbonyl (C=O) groups excluding carboxylic acids is 2. The molecule has 0 unspecified atom stereocenters. The summed E-state index contributed by atoms with van der Waals surface area (Å²) in [6.45, 7) is -0.314. The smallest absolute Gasteiger partial charge is 0.276 e.